The number of aromatic nitrogens is 1. The van der Waals surface area contributed by atoms with Gasteiger partial charge in [-0.05, 0) is 0 Å². The van der Waals surface area contributed by atoms with Gasteiger partial charge in [0.25, 0.3) is 0 Å². The molecule has 0 saturated heterocycles. The summed E-state index contributed by atoms with van der Waals surface area (Å²) in [6, 6.07) is 7.01. The number of rotatable bonds is 4. The number of benzene rings is 1. The van der Waals surface area contributed by atoms with Gasteiger partial charge < -0.3 is 0 Å². The predicted molar refractivity (Wildman–Crippen MR) is 95.9 cm³/mol. The third-order valence-electron chi connectivity index (χ3n) is 3.62. The molecule has 3 heteroatoms. The fraction of sp³-hybridized carbons (Fsp3) is 0.421. The summed E-state index contributed by atoms with van der Waals surface area (Å²) in [4.78, 5) is 4.49. The maximum absolute atomic E-state index is 14.5. The summed E-state index contributed by atoms with van der Waals surface area (Å²) < 4.78 is 32.7. The van der Waals surface area contributed by atoms with E-state index in [0.717, 1.165) is 4.40 Å². The summed E-state index contributed by atoms with van der Waals surface area (Å²) in [5.41, 5.74) is 2.19. The normalized spacial score (nSPS) is 14.0. The standard InChI is InChI=1S/C19H26FGeN/c1-13(2)10-15-11-18(22-12-17(15)21(4,5)6)16-9-7-8-14(3)19(16)20/h7-9,11-13H,10H2,1-6H3/i10D2. The average molecular weight is 362 g/mol. The van der Waals surface area contributed by atoms with E-state index in [-0.39, 0.29) is 11.7 Å². The van der Waals surface area contributed by atoms with Crippen molar-refractivity contribution in [1.82, 2.24) is 4.98 Å². The Labute approximate surface area is 139 Å². The molecule has 0 aliphatic carbocycles. The summed E-state index contributed by atoms with van der Waals surface area (Å²) in [7, 11) is 0. The van der Waals surface area contributed by atoms with Crippen LogP contribution < -0.4 is 4.40 Å². The van der Waals surface area contributed by atoms with Crippen molar-refractivity contribution in [1.29, 1.82) is 0 Å². The van der Waals surface area contributed by atoms with Crippen LogP contribution in [-0.4, -0.2) is 18.3 Å². The Morgan fingerprint density at radius 3 is 2.55 bits per heavy atom. The quantitative estimate of drug-likeness (QED) is 0.703. The van der Waals surface area contributed by atoms with Crippen molar-refractivity contribution in [2.24, 2.45) is 5.92 Å². The van der Waals surface area contributed by atoms with E-state index in [4.69, 9.17) is 2.74 Å². The molecular formula is C19H26FGeN. The molecule has 0 amide bonds. The fourth-order valence-corrected chi connectivity index (χ4v) is 5.42. The average Bonchev–Trinajstić information content (AvgIpc) is 2.48. The van der Waals surface area contributed by atoms with Crippen molar-refractivity contribution in [3.8, 4) is 11.3 Å². The molecule has 0 fully saturated rings. The molecule has 0 bridgehead atoms. The molecule has 0 radical (unpaired) electrons. The Balaban J connectivity index is 2.73. The number of halogens is 1. The maximum atomic E-state index is 14.5. The Hall–Kier alpha value is -1.16. The summed E-state index contributed by atoms with van der Waals surface area (Å²) in [6.45, 7) is 5.49. The SMILES string of the molecule is [2H]C([2H])(c1cc(-c2cccc(C)c2F)nc[c]1[Ge]([CH3])([CH3])[CH3])C(C)C. The molecule has 0 spiro atoms. The van der Waals surface area contributed by atoms with Gasteiger partial charge in [-0.15, -0.1) is 0 Å². The van der Waals surface area contributed by atoms with E-state index >= 15 is 0 Å². The number of nitrogens with zero attached hydrogens (tertiary/aromatic N) is 1. The van der Waals surface area contributed by atoms with Crippen LogP contribution in [0, 0.1) is 18.7 Å². The van der Waals surface area contributed by atoms with Crippen molar-refractivity contribution in [3.05, 3.63) is 47.4 Å². The van der Waals surface area contributed by atoms with Crippen molar-refractivity contribution in [2.45, 2.75) is 44.4 Å². The molecule has 0 unspecified atom stereocenters. The molecule has 2 rings (SSSR count). The molecule has 1 nitrogen and oxygen atoms in total. The molecular weight excluding hydrogens is 334 g/mol. The van der Waals surface area contributed by atoms with Crippen LogP contribution in [0.15, 0.2) is 30.5 Å². The second-order valence-electron chi connectivity index (χ2n) is 7.10. The van der Waals surface area contributed by atoms with Crippen molar-refractivity contribution in [2.75, 3.05) is 0 Å². The van der Waals surface area contributed by atoms with Gasteiger partial charge in [0, 0.05) is 0 Å². The topological polar surface area (TPSA) is 12.9 Å². The number of pyridine rings is 1. The fourth-order valence-electron chi connectivity index (χ4n) is 2.48. The number of hydrogen-bond donors (Lipinski definition) is 0. The van der Waals surface area contributed by atoms with Crippen LogP contribution in [0.25, 0.3) is 11.3 Å². The van der Waals surface area contributed by atoms with E-state index in [1.807, 2.05) is 19.9 Å². The van der Waals surface area contributed by atoms with Crippen LogP contribution >= 0.6 is 0 Å². The predicted octanol–water partition coefficient (Wildman–Crippen LogP) is 4.94. The number of aryl methyl sites for hydroxylation is 1. The Kier molecular flexibility index (Phi) is 4.29. The molecule has 0 N–H and O–H groups in total. The molecule has 1 heterocycles. The Bertz CT molecular complexity index is 752. The molecule has 1 aromatic carbocycles. The minimum atomic E-state index is -2.32. The molecule has 22 heavy (non-hydrogen) atoms. The van der Waals surface area contributed by atoms with Gasteiger partial charge in [-0.3, -0.25) is 0 Å². The van der Waals surface area contributed by atoms with Crippen LogP contribution in [-0.2, 0) is 6.37 Å². The molecule has 0 saturated carbocycles. The Morgan fingerprint density at radius 1 is 1.27 bits per heavy atom. The zero-order valence-corrected chi connectivity index (χ0v) is 16.4. The van der Waals surface area contributed by atoms with E-state index in [1.165, 1.54) is 0 Å². The van der Waals surface area contributed by atoms with Crippen molar-refractivity contribution >= 4 is 17.7 Å². The van der Waals surface area contributed by atoms with Gasteiger partial charge in [-0.1, -0.05) is 0 Å². The minimum absolute atomic E-state index is 0.168. The third-order valence-corrected chi connectivity index (χ3v) is 7.85. The first-order chi connectivity index (χ1) is 11.0. The first-order valence-corrected chi connectivity index (χ1v) is 15.1. The zero-order chi connectivity index (χ0) is 18.3. The molecule has 118 valence electrons. The van der Waals surface area contributed by atoms with E-state index in [0.29, 0.717) is 22.4 Å². The van der Waals surface area contributed by atoms with Crippen molar-refractivity contribution < 1.29 is 7.13 Å². The van der Waals surface area contributed by atoms with Crippen molar-refractivity contribution in [3.63, 3.8) is 0 Å². The van der Waals surface area contributed by atoms with Gasteiger partial charge in [0.1, 0.15) is 0 Å². The molecule has 2 aromatic rings. The zero-order valence-electron chi connectivity index (χ0n) is 16.3. The van der Waals surface area contributed by atoms with Gasteiger partial charge in [-0.2, -0.15) is 0 Å². The van der Waals surface area contributed by atoms with Gasteiger partial charge >= 0.3 is 139 Å². The van der Waals surface area contributed by atoms with E-state index < -0.39 is 19.6 Å². The molecule has 0 aliphatic heterocycles. The summed E-state index contributed by atoms with van der Waals surface area (Å²) in [5.74, 6) is 6.22. The van der Waals surface area contributed by atoms with E-state index in [2.05, 4.69) is 22.3 Å². The third kappa shape index (κ3) is 3.78. The van der Waals surface area contributed by atoms with Crippen LogP contribution in [0.5, 0.6) is 0 Å². The van der Waals surface area contributed by atoms with Gasteiger partial charge in [0.05, 0.1) is 0 Å². The van der Waals surface area contributed by atoms with Crippen LogP contribution in [0.1, 0.15) is 27.7 Å². The first kappa shape index (κ1) is 14.4. The summed E-state index contributed by atoms with van der Waals surface area (Å²) in [5, 5.41) is 0. The summed E-state index contributed by atoms with van der Waals surface area (Å²) >= 11 is -2.32. The Morgan fingerprint density at radius 2 is 1.95 bits per heavy atom. The van der Waals surface area contributed by atoms with Gasteiger partial charge in [0.15, 0.2) is 0 Å². The van der Waals surface area contributed by atoms with Crippen LogP contribution in [0.2, 0.25) is 17.3 Å². The molecule has 0 atom stereocenters. The van der Waals surface area contributed by atoms with Crippen LogP contribution in [0.4, 0.5) is 4.39 Å². The van der Waals surface area contributed by atoms with Crippen LogP contribution in [0.3, 0.4) is 0 Å². The number of hydrogen-bond acceptors (Lipinski definition) is 1. The van der Waals surface area contributed by atoms with Gasteiger partial charge in [0.2, 0.25) is 0 Å². The van der Waals surface area contributed by atoms with Gasteiger partial charge in [-0.25, -0.2) is 0 Å². The second-order valence-corrected chi connectivity index (χ2v) is 17.7. The monoisotopic (exact) mass is 363 g/mol. The first-order valence-electron chi connectivity index (χ1n) is 8.72. The van der Waals surface area contributed by atoms with E-state index in [1.54, 1.807) is 31.3 Å². The second kappa shape index (κ2) is 6.53. The van der Waals surface area contributed by atoms with E-state index in [9.17, 15) is 4.39 Å². The summed E-state index contributed by atoms with van der Waals surface area (Å²) in [6.07, 6.45) is 0.318. The molecule has 0 aliphatic rings. The molecule has 1 aromatic heterocycles.